The van der Waals surface area contributed by atoms with Gasteiger partial charge in [0.1, 0.15) is 0 Å². The Morgan fingerprint density at radius 1 is 0.889 bits per heavy atom. The zero-order chi connectivity index (χ0) is 26.5. The number of fused-ring (bicyclic) bond motifs is 3. The summed E-state index contributed by atoms with van der Waals surface area (Å²) >= 11 is 0. The standard InChI is InChI=1S/C31H44O5/c1-26(2)12-13-27(3,4)21-16-19(10-11-20(21)26)30(8)22(17-34-9)23(30)18-35-25(33)31-15-14-29(7,24(32)36-31)28(31,5)6/h10-11,16,22-23H,12-15,17-18H2,1-9H3/t22-,23-,29?,30+,31?/m1/s1. The van der Waals surface area contributed by atoms with E-state index in [1.807, 2.05) is 20.8 Å². The predicted octanol–water partition coefficient (Wildman–Crippen LogP) is 5.85. The molecule has 5 heteroatoms. The predicted molar refractivity (Wildman–Crippen MR) is 139 cm³/mol. The molecule has 0 aromatic heterocycles. The summed E-state index contributed by atoms with van der Waals surface area (Å²) in [4.78, 5) is 26.1. The molecule has 5 rings (SSSR count). The first-order valence-corrected chi connectivity index (χ1v) is 13.6. The van der Waals surface area contributed by atoms with Gasteiger partial charge in [0, 0.05) is 23.9 Å². The lowest BCUT2D eigenvalue weighted by Crippen LogP contribution is -2.49. The first-order valence-electron chi connectivity index (χ1n) is 13.6. The lowest BCUT2D eigenvalue weighted by Gasteiger charge is -2.42. The number of ether oxygens (including phenoxy) is 3. The van der Waals surface area contributed by atoms with Crippen LogP contribution < -0.4 is 0 Å². The molecular formula is C31H44O5. The van der Waals surface area contributed by atoms with Gasteiger partial charge in [-0.2, -0.15) is 0 Å². The van der Waals surface area contributed by atoms with Gasteiger partial charge >= 0.3 is 11.9 Å². The third-order valence-corrected chi connectivity index (χ3v) is 11.5. The Balaban J connectivity index is 1.40. The summed E-state index contributed by atoms with van der Waals surface area (Å²) in [6.45, 7) is 18.5. The van der Waals surface area contributed by atoms with Crippen LogP contribution in [-0.4, -0.2) is 37.9 Å². The van der Waals surface area contributed by atoms with Crippen molar-refractivity contribution in [3.63, 3.8) is 0 Å². The second kappa shape index (κ2) is 7.58. The lowest BCUT2D eigenvalue weighted by atomic mass is 9.62. The van der Waals surface area contributed by atoms with Crippen molar-refractivity contribution in [1.29, 1.82) is 0 Å². The van der Waals surface area contributed by atoms with E-state index in [2.05, 4.69) is 52.8 Å². The second-order valence-corrected chi connectivity index (χ2v) is 14.3. The van der Waals surface area contributed by atoms with Crippen LogP contribution in [0.1, 0.15) is 97.8 Å². The fourth-order valence-corrected chi connectivity index (χ4v) is 7.79. The maximum absolute atomic E-state index is 13.5. The Hall–Kier alpha value is -1.88. The van der Waals surface area contributed by atoms with Crippen molar-refractivity contribution in [3.8, 4) is 0 Å². The van der Waals surface area contributed by atoms with Crippen molar-refractivity contribution < 1.29 is 23.8 Å². The molecule has 1 aliphatic heterocycles. The van der Waals surface area contributed by atoms with Gasteiger partial charge in [-0.1, -0.05) is 66.7 Å². The third kappa shape index (κ3) is 3.10. The SMILES string of the molecule is COC[C@@H]1[C@@H](COC(=O)C23CCC(C)(C(=O)O2)C3(C)C)[C@@]1(C)c1ccc2c(c1)C(C)(C)CCC2(C)C. The summed E-state index contributed by atoms with van der Waals surface area (Å²) in [6.07, 6.45) is 3.55. The zero-order valence-corrected chi connectivity index (χ0v) is 23.7. The molecule has 198 valence electrons. The summed E-state index contributed by atoms with van der Waals surface area (Å²) < 4.78 is 17.4. The summed E-state index contributed by atoms with van der Waals surface area (Å²) in [5.41, 5.74) is 1.97. The van der Waals surface area contributed by atoms with Crippen molar-refractivity contribution in [3.05, 3.63) is 34.9 Å². The molecule has 0 N–H and O–H groups in total. The molecule has 0 spiro atoms. The van der Waals surface area contributed by atoms with Gasteiger partial charge in [-0.05, 0) is 66.0 Å². The van der Waals surface area contributed by atoms with Crippen LogP contribution in [0.3, 0.4) is 0 Å². The highest BCUT2D eigenvalue weighted by Gasteiger charge is 2.76. The Bertz CT molecular complexity index is 1120. The maximum Gasteiger partial charge on any atom is 0.351 e. The van der Waals surface area contributed by atoms with E-state index >= 15 is 0 Å². The molecule has 1 heterocycles. The largest absolute Gasteiger partial charge is 0.462 e. The van der Waals surface area contributed by atoms with Crippen molar-refractivity contribution in [2.24, 2.45) is 22.7 Å². The van der Waals surface area contributed by atoms with Gasteiger partial charge in [-0.3, -0.25) is 4.79 Å². The molecule has 0 radical (unpaired) electrons. The molecule has 4 aliphatic rings. The molecule has 0 amide bonds. The fraction of sp³-hybridized carbons (Fsp3) is 0.742. The summed E-state index contributed by atoms with van der Waals surface area (Å²) in [5, 5.41) is 0. The molecule has 1 aromatic carbocycles. The van der Waals surface area contributed by atoms with E-state index in [1.165, 1.54) is 29.5 Å². The van der Waals surface area contributed by atoms with Gasteiger partial charge in [0.15, 0.2) is 0 Å². The number of esters is 2. The first kappa shape index (κ1) is 25.8. The highest BCUT2D eigenvalue weighted by atomic mass is 16.6. The Morgan fingerprint density at radius 3 is 2.06 bits per heavy atom. The Labute approximate surface area is 216 Å². The Kier molecular flexibility index (Phi) is 5.43. The minimum absolute atomic E-state index is 0.132. The molecule has 1 saturated heterocycles. The first-order chi connectivity index (χ1) is 16.6. The van der Waals surface area contributed by atoms with Crippen LogP contribution in [0.5, 0.6) is 0 Å². The molecule has 3 aliphatic carbocycles. The molecule has 2 saturated carbocycles. The van der Waals surface area contributed by atoms with Gasteiger partial charge in [0.05, 0.1) is 18.6 Å². The summed E-state index contributed by atoms with van der Waals surface area (Å²) in [6, 6.07) is 7.04. The highest BCUT2D eigenvalue weighted by Crippen LogP contribution is 2.66. The quantitative estimate of drug-likeness (QED) is 0.462. The molecule has 36 heavy (non-hydrogen) atoms. The van der Waals surface area contributed by atoms with E-state index < -0.39 is 16.4 Å². The minimum atomic E-state index is -1.18. The molecule has 2 bridgehead atoms. The van der Waals surface area contributed by atoms with Crippen molar-refractivity contribution in [2.45, 2.75) is 103 Å². The van der Waals surface area contributed by atoms with Gasteiger partial charge in [0.25, 0.3) is 0 Å². The molecule has 5 atom stereocenters. The average molecular weight is 497 g/mol. The van der Waals surface area contributed by atoms with Crippen LogP contribution in [-0.2, 0) is 40.0 Å². The van der Waals surface area contributed by atoms with Gasteiger partial charge < -0.3 is 14.2 Å². The molecule has 1 aromatic rings. The number of benzene rings is 1. The smallest absolute Gasteiger partial charge is 0.351 e. The van der Waals surface area contributed by atoms with E-state index in [4.69, 9.17) is 14.2 Å². The van der Waals surface area contributed by atoms with Crippen LogP contribution >= 0.6 is 0 Å². The number of carbonyl (C=O) groups is 2. The van der Waals surface area contributed by atoms with E-state index in [9.17, 15) is 9.59 Å². The monoisotopic (exact) mass is 496 g/mol. The number of rotatable bonds is 6. The van der Waals surface area contributed by atoms with E-state index in [1.54, 1.807) is 7.11 Å². The molecular weight excluding hydrogens is 452 g/mol. The van der Waals surface area contributed by atoms with Crippen LogP contribution in [0.4, 0.5) is 0 Å². The highest BCUT2D eigenvalue weighted by molar-refractivity contribution is 5.93. The van der Waals surface area contributed by atoms with E-state index in [-0.39, 0.29) is 40.0 Å². The number of methoxy groups -OCH3 is 1. The van der Waals surface area contributed by atoms with Gasteiger partial charge in [-0.15, -0.1) is 0 Å². The van der Waals surface area contributed by atoms with Crippen molar-refractivity contribution in [1.82, 2.24) is 0 Å². The third-order valence-electron chi connectivity index (χ3n) is 11.5. The molecule has 5 nitrogen and oxygen atoms in total. The maximum atomic E-state index is 13.5. The van der Waals surface area contributed by atoms with E-state index in [0.717, 1.165) is 0 Å². The fourth-order valence-electron chi connectivity index (χ4n) is 7.79. The minimum Gasteiger partial charge on any atom is -0.462 e. The average Bonchev–Trinajstić information content (AvgIpc) is 3.27. The van der Waals surface area contributed by atoms with Gasteiger partial charge in [0.2, 0.25) is 5.60 Å². The summed E-state index contributed by atoms with van der Waals surface area (Å²) in [5.74, 6) is -0.244. The normalized spacial score (nSPS) is 38.9. The van der Waals surface area contributed by atoms with Crippen molar-refractivity contribution in [2.75, 3.05) is 20.3 Å². The van der Waals surface area contributed by atoms with E-state index in [0.29, 0.717) is 26.1 Å². The van der Waals surface area contributed by atoms with Crippen LogP contribution in [0, 0.1) is 22.7 Å². The second-order valence-electron chi connectivity index (χ2n) is 14.3. The number of carbonyl (C=O) groups excluding carboxylic acids is 2. The number of hydrogen-bond donors (Lipinski definition) is 0. The molecule has 2 unspecified atom stereocenters. The van der Waals surface area contributed by atoms with Crippen LogP contribution in [0.25, 0.3) is 0 Å². The lowest BCUT2D eigenvalue weighted by molar-refractivity contribution is -0.183. The van der Waals surface area contributed by atoms with Crippen LogP contribution in [0.15, 0.2) is 18.2 Å². The molecule has 3 fully saturated rings. The number of hydrogen-bond acceptors (Lipinski definition) is 5. The Morgan fingerprint density at radius 2 is 1.50 bits per heavy atom. The van der Waals surface area contributed by atoms with Crippen LogP contribution in [0.2, 0.25) is 0 Å². The van der Waals surface area contributed by atoms with Crippen molar-refractivity contribution >= 4 is 11.9 Å². The van der Waals surface area contributed by atoms with Gasteiger partial charge in [-0.25, -0.2) is 4.79 Å². The summed E-state index contributed by atoms with van der Waals surface area (Å²) in [7, 11) is 1.74. The zero-order valence-electron chi connectivity index (χ0n) is 23.7. The topological polar surface area (TPSA) is 61.8 Å².